The number of carbonyl (C=O) groups excluding carboxylic acids is 1. The molecule has 0 unspecified atom stereocenters. The summed E-state index contributed by atoms with van der Waals surface area (Å²) in [5.74, 6) is -0.443. The van der Waals surface area contributed by atoms with Gasteiger partial charge in [-0.15, -0.1) is 4.40 Å². The quantitative estimate of drug-likeness (QED) is 0.439. The summed E-state index contributed by atoms with van der Waals surface area (Å²) in [6, 6.07) is 18.1. The van der Waals surface area contributed by atoms with Gasteiger partial charge in [-0.25, -0.2) is 0 Å². The van der Waals surface area contributed by atoms with Crippen molar-refractivity contribution in [2.45, 2.75) is 25.3 Å². The van der Waals surface area contributed by atoms with Gasteiger partial charge >= 0.3 is 5.97 Å². The first-order chi connectivity index (χ1) is 14.4. The van der Waals surface area contributed by atoms with Crippen LogP contribution in [0.2, 0.25) is 0 Å². The van der Waals surface area contributed by atoms with Crippen LogP contribution in [-0.2, 0) is 26.1 Å². The number of aromatic nitrogens is 1. The fourth-order valence-electron chi connectivity index (χ4n) is 3.31. The van der Waals surface area contributed by atoms with Crippen molar-refractivity contribution in [1.29, 1.82) is 0 Å². The Morgan fingerprint density at radius 3 is 2.67 bits per heavy atom. The summed E-state index contributed by atoms with van der Waals surface area (Å²) >= 11 is 1.23. The van der Waals surface area contributed by atoms with E-state index in [1.54, 1.807) is 35.8 Å². The minimum atomic E-state index is -4.01. The second-order valence-electron chi connectivity index (χ2n) is 6.79. The van der Waals surface area contributed by atoms with Gasteiger partial charge in [0.05, 0.1) is 21.7 Å². The summed E-state index contributed by atoms with van der Waals surface area (Å²) in [5.41, 5.74) is 1.78. The first kappa shape index (κ1) is 20.3. The van der Waals surface area contributed by atoms with Crippen molar-refractivity contribution in [3.63, 3.8) is 0 Å². The van der Waals surface area contributed by atoms with E-state index in [-0.39, 0.29) is 22.8 Å². The number of rotatable bonds is 5. The van der Waals surface area contributed by atoms with Gasteiger partial charge in [0.15, 0.2) is 0 Å². The van der Waals surface area contributed by atoms with Gasteiger partial charge in [0.2, 0.25) is 4.80 Å². The SMILES string of the molecule is CCOC(=O)Cn1/c(=N/S(=O)(=O)c2cccc3ccccc23)sc2cc(C)ccc21. The second kappa shape index (κ2) is 8.04. The highest BCUT2D eigenvalue weighted by Gasteiger charge is 2.18. The molecule has 0 fully saturated rings. The van der Waals surface area contributed by atoms with Gasteiger partial charge in [0, 0.05) is 5.39 Å². The lowest BCUT2D eigenvalue weighted by molar-refractivity contribution is -0.143. The van der Waals surface area contributed by atoms with E-state index in [1.807, 2.05) is 43.3 Å². The van der Waals surface area contributed by atoms with Crippen molar-refractivity contribution in [1.82, 2.24) is 4.57 Å². The molecule has 8 heteroatoms. The second-order valence-corrected chi connectivity index (χ2v) is 9.37. The molecule has 6 nitrogen and oxygen atoms in total. The van der Waals surface area contributed by atoms with Crippen LogP contribution in [0, 0.1) is 6.92 Å². The molecule has 1 heterocycles. The Morgan fingerprint density at radius 2 is 1.87 bits per heavy atom. The molecule has 30 heavy (non-hydrogen) atoms. The predicted molar refractivity (Wildman–Crippen MR) is 118 cm³/mol. The van der Waals surface area contributed by atoms with E-state index < -0.39 is 16.0 Å². The largest absolute Gasteiger partial charge is 0.465 e. The molecular weight excluding hydrogens is 420 g/mol. The van der Waals surface area contributed by atoms with E-state index in [1.165, 1.54) is 11.3 Å². The smallest absolute Gasteiger partial charge is 0.326 e. The lowest BCUT2D eigenvalue weighted by Gasteiger charge is -2.06. The highest BCUT2D eigenvalue weighted by Crippen LogP contribution is 2.25. The number of nitrogens with zero attached hydrogens (tertiary/aromatic N) is 2. The molecule has 0 atom stereocenters. The molecule has 154 valence electrons. The number of fused-ring (bicyclic) bond motifs is 2. The molecule has 0 spiro atoms. The topological polar surface area (TPSA) is 77.7 Å². The molecule has 1 aromatic heterocycles. The maximum atomic E-state index is 13.2. The summed E-state index contributed by atoms with van der Waals surface area (Å²) in [7, 11) is -4.01. The lowest BCUT2D eigenvalue weighted by Crippen LogP contribution is -2.23. The van der Waals surface area contributed by atoms with Crippen LogP contribution in [-0.4, -0.2) is 25.6 Å². The summed E-state index contributed by atoms with van der Waals surface area (Å²) in [6.45, 7) is 3.83. The molecule has 4 rings (SSSR count). The Bertz CT molecular complexity index is 1430. The molecule has 0 aliphatic carbocycles. The van der Waals surface area contributed by atoms with Gasteiger partial charge in [-0.3, -0.25) is 4.79 Å². The minimum Gasteiger partial charge on any atom is -0.465 e. The average molecular weight is 441 g/mol. The van der Waals surface area contributed by atoms with Crippen LogP contribution in [0.25, 0.3) is 21.0 Å². The zero-order valence-corrected chi connectivity index (χ0v) is 18.2. The first-order valence-corrected chi connectivity index (χ1v) is 11.7. The number of carbonyl (C=O) groups is 1. The third kappa shape index (κ3) is 3.88. The van der Waals surface area contributed by atoms with E-state index in [2.05, 4.69) is 4.40 Å². The van der Waals surface area contributed by atoms with E-state index in [0.717, 1.165) is 21.2 Å². The lowest BCUT2D eigenvalue weighted by atomic mass is 10.1. The van der Waals surface area contributed by atoms with Gasteiger partial charge in [-0.1, -0.05) is 53.8 Å². The maximum absolute atomic E-state index is 13.2. The number of benzene rings is 3. The zero-order chi connectivity index (χ0) is 21.3. The molecule has 0 radical (unpaired) electrons. The summed E-state index contributed by atoms with van der Waals surface area (Å²) in [4.78, 5) is 12.5. The average Bonchev–Trinajstić information content (AvgIpc) is 3.03. The molecule has 0 aliphatic heterocycles. The number of hydrogen-bond acceptors (Lipinski definition) is 5. The van der Waals surface area contributed by atoms with Gasteiger partial charge < -0.3 is 9.30 Å². The minimum absolute atomic E-state index is 0.110. The van der Waals surface area contributed by atoms with Gasteiger partial charge in [-0.05, 0) is 43.0 Å². The van der Waals surface area contributed by atoms with Crippen molar-refractivity contribution >= 4 is 48.3 Å². The summed E-state index contributed by atoms with van der Waals surface area (Å²) in [5, 5.41) is 1.43. The third-order valence-electron chi connectivity index (χ3n) is 4.66. The number of esters is 1. The standard InChI is InChI=1S/C22H20N2O4S2/c1-3-28-21(25)14-24-18-12-11-15(2)13-19(18)29-22(24)23-30(26,27)20-10-6-8-16-7-4-5-9-17(16)20/h4-13H,3,14H2,1-2H3/b23-22-. The normalized spacial score (nSPS) is 12.5. The van der Waals surface area contributed by atoms with Crippen LogP contribution < -0.4 is 4.80 Å². The number of sulfonamides is 1. The molecule has 0 N–H and O–H groups in total. The molecule has 0 bridgehead atoms. The van der Waals surface area contributed by atoms with Crippen LogP contribution in [0.5, 0.6) is 0 Å². The summed E-state index contributed by atoms with van der Waals surface area (Å²) in [6.07, 6.45) is 0. The fourth-order valence-corrected chi connectivity index (χ4v) is 5.87. The summed E-state index contributed by atoms with van der Waals surface area (Å²) < 4.78 is 38.1. The highest BCUT2D eigenvalue weighted by atomic mass is 32.2. The third-order valence-corrected chi connectivity index (χ3v) is 7.14. The molecule has 0 aliphatic rings. The number of ether oxygens (including phenoxy) is 1. The highest BCUT2D eigenvalue weighted by molar-refractivity contribution is 7.90. The predicted octanol–water partition coefficient (Wildman–Crippen LogP) is 4.02. The molecule has 3 aromatic carbocycles. The van der Waals surface area contributed by atoms with Crippen molar-refractivity contribution in [2.24, 2.45) is 4.40 Å². The maximum Gasteiger partial charge on any atom is 0.326 e. The first-order valence-electron chi connectivity index (χ1n) is 9.43. The molecule has 0 saturated heterocycles. The molecule has 0 saturated carbocycles. The van der Waals surface area contributed by atoms with Crippen LogP contribution in [0.1, 0.15) is 12.5 Å². The van der Waals surface area contributed by atoms with E-state index in [9.17, 15) is 13.2 Å². The van der Waals surface area contributed by atoms with Crippen molar-refractivity contribution in [3.8, 4) is 0 Å². The monoisotopic (exact) mass is 440 g/mol. The molecular formula is C22H20N2O4S2. The number of aryl methyl sites for hydroxylation is 1. The fraction of sp³-hybridized carbons (Fsp3) is 0.182. The van der Waals surface area contributed by atoms with Gasteiger partial charge in [0.25, 0.3) is 10.0 Å². The Balaban J connectivity index is 1.94. The van der Waals surface area contributed by atoms with Gasteiger partial charge in [-0.2, -0.15) is 8.42 Å². The van der Waals surface area contributed by atoms with E-state index >= 15 is 0 Å². The number of thiazole rings is 1. The molecule has 0 amide bonds. The van der Waals surface area contributed by atoms with Crippen molar-refractivity contribution in [3.05, 3.63) is 71.0 Å². The van der Waals surface area contributed by atoms with Crippen LogP contribution in [0.4, 0.5) is 0 Å². The number of hydrogen-bond donors (Lipinski definition) is 0. The zero-order valence-electron chi connectivity index (χ0n) is 16.5. The Morgan fingerprint density at radius 1 is 1.10 bits per heavy atom. The Hall–Kier alpha value is -2.97. The van der Waals surface area contributed by atoms with Gasteiger partial charge in [0.1, 0.15) is 6.54 Å². The Kier molecular flexibility index (Phi) is 5.44. The van der Waals surface area contributed by atoms with Crippen molar-refractivity contribution in [2.75, 3.05) is 6.61 Å². The van der Waals surface area contributed by atoms with E-state index in [0.29, 0.717) is 5.39 Å². The van der Waals surface area contributed by atoms with Crippen LogP contribution >= 0.6 is 11.3 Å². The van der Waals surface area contributed by atoms with Crippen LogP contribution in [0.15, 0.2) is 70.0 Å². The van der Waals surface area contributed by atoms with Crippen LogP contribution in [0.3, 0.4) is 0 Å². The van der Waals surface area contributed by atoms with E-state index in [4.69, 9.17) is 4.74 Å². The molecule has 4 aromatic rings. The van der Waals surface area contributed by atoms with Crippen molar-refractivity contribution < 1.29 is 17.9 Å². The Labute approximate surface area is 178 Å².